The maximum Gasteiger partial charge on any atom is 0.213 e. The van der Waals surface area contributed by atoms with Crippen LogP contribution in [-0.2, 0) is 14.3 Å². The van der Waals surface area contributed by atoms with E-state index in [1.807, 2.05) is 0 Å². The van der Waals surface area contributed by atoms with Crippen molar-refractivity contribution in [1.82, 2.24) is 0 Å². The van der Waals surface area contributed by atoms with Crippen molar-refractivity contribution in [3.63, 3.8) is 0 Å². The third-order valence-corrected chi connectivity index (χ3v) is 5.55. The van der Waals surface area contributed by atoms with Crippen LogP contribution in [0.3, 0.4) is 0 Å². The fourth-order valence-electron chi connectivity index (χ4n) is 2.31. The van der Waals surface area contributed by atoms with Gasteiger partial charge in [0, 0.05) is 0 Å². The average molecular weight is 318 g/mol. The van der Waals surface area contributed by atoms with E-state index < -0.39 is 25.7 Å². The van der Waals surface area contributed by atoms with Gasteiger partial charge in [-0.2, -0.15) is 0 Å². The molecule has 94 valence electrons. The maximum absolute atomic E-state index is 12.3. The van der Waals surface area contributed by atoms with Gasteiger partial charge in [-0.05, 0) is 13.0 Å². The normalized spacial score (nSPS) is 49.5. The zero-order chi connectivity index (χ0) is 12.7. The Hall–Kier alpha value is 0.490. The van der Waals surface area contributed by atoms with E-state index >= 15 is 0 Å². The molecule has 3 atom stereocenters. The lowest BCUT2D eigenvalue weighted by atomic mass is 9.87. The standard InChI is InChI=1S/C10H8Cl4O3/c1-7-2-3-8(17-7,5-4-16-5)10(13,14)6(15)9(7,11)12/h2-3,5H,4H2,1H3/t5?,7-,8-/m1/s1. The SMILES string of the molecule is C[C@]12C=C[C@](C3CO3)(O1)C(Cl)(Cl)C(=O)C2(Cl)Cl. The molecule has 0 aromatic heterocycles. The lowest BCUT2D eigenvalue weighted by Crippen LogP contribution is -2.69. The van der Waals surface area contributed by atoms with Crippen molar-refractivity contribution >= 4 is 52.2 Å². The Kier molecular flexibility index (Phi) is 2.31. The van der Waals surface area contributed by atoms with Gasteiger partial charge in [-0.15, -0.1) is 0 Å². The van der Waals surface area contributed by atoms with Crippen LogP contribution in [0.4, 0.5) is 0 Å². The lowest BCUT2D eigenvalue weighted by molar-refractivity contribution is -0.160. The van der Waals surface area contributed by atoms with E-state index in [1.165, 1.54) is 0 Å². The summed E-state index contributed by atoms with van der Waals surface area (Å²) >= 11 is 24.4. The lowest BCUT2D eigenvalue weighted by Gasteiger charge is -2.49. The number of ether oxygens (including phenoxy) is 2. The summed E-state index contributed by atoms with van der Waals surface area (Å²) in [5.74, 6) is -0.675. The van der Waals surface area contributed by atoms with Gasteiger partial charge in [0.15, 0.2) is 5.60 Å². The fraction of sp³-hybridized carbons (Fsp3) is 0.700. The topological polar surface area (TPSA) is 38.8 Å². The van der Waals surface area contributed by atoms with Crippen LogP contribution in [0, 0.1) is 0 Å². The number of hydrogen-bond donors (Lipinski definition) is 0. The van der Waals surface area contributed by atoms with E-state index in [-0.39, 0.29) is 6.10 Å². The Morgan fingerprint density at radius 3 is 2.35 bits per heavy atom. The zero-order valence-electron chi connectivity index (χ0n) is 8.68. The van der Waals surface area contributed by atoms with Crippen LogP contribution < -0.4 is 0 Å². The van der Waals surface area contributed by atoms with E-state index in [4.69, 9.17) is 55.9 Å². The first kappa shape index (κ1) is 12.5. The molecule has 3 aliphatic rings. The van der Waals surface area contributed by atoms with Gasteiger partial charge < -0.3 is 9.47 Å². The van der Waals surface area contributed by atoms with E-state index in [1.54, 1.807) is 19.1 Å². The van der Waals surface area contributed by atoms with Crippen molar-refractivity contribution in [2.75, 3.05) is 6.61 Å². The number of epoxide rings is 1. The molecule has 0 radical (unpaired) electrons. The summed E-state index contributed by atoms with van der Waals surface area (Å²) in [6.07, 6.45) is 2.91. The minimum Gasteiger partial charge on any atom is -0.369 e. The van der Waals surface area contributed by atoms with E-state index in [0.29, 0.717) is 6.61 Å². The molecular formula is C10H8Cl4O3. The highest BCUT2D eigenvalue weighted by atomic mass is 35.5. The summed E-state index contributed by atoms with van der Waals surface area (Å²) in [5.41, 5.74) is -2.35. The third-order valence-electron chi connectivity index (χ3n) is 3.53. The molecule has 3 rings (SSSR count). The van der Waals surface area contributed by atoms with Gasteiger partial charge in [0.05, 0.1) is 6.61 Å². The quantitative estimate of drug-likeness (QED) is 0.423. The third kappa shape index (κ3) is 1.26. The number of Topliss-reactive ketones (excluding diaryl/α,β-unsaturated/α-hetero) is 1. The number of alkyl halides is 4. The second-order valence-electron chi connectivity index (χ2n) is 4.64. The van der Waals surface area contributed by atoms with Crippen LogP contribution >= 0.6 is 46.4 Å². The van der Waals surface area contributed by atoms with E-state index in [9.17, 15) is 4.79 Å². The molecular weight excluding hydrogens is 310 g/mol. The summed E-state index contributed by atoms with van der Waals surface area (Å²) < 4.78 is 7.32. The van der Waals surface area contributed by atoms with Gasteiger partial charge in [-0.1, -0.05) is 52.5 Å². The highest BCUT2D eigenvalue weighted by Crippen LogP contribution is 2.62. The van der Waals surface area contributed by atoms with Crippen LogP contribution in [0.5, 0.6) is 0 Å². The summed E-state index contributed by atoms with van der Waals surface area (Å²) in [5, 5.41) is 0. The molecule has 0 aromatic carbocycles. The van der Waals surface area contributed by atoms with Crippen molar-refractivity contribution in [3.05, 3.63) is 12.2 Å². The van der Waals surface area contributed by atoms with Gasteiger partial charge in [0.25, 0.3) is 0 Å². The highest BCUT2D eigenvalue weighted by molar-refractivity contribution is 6.70. The molecule has 2 saturated heterocycles. The largest absolute Gasteiger partial charge is 0.369 e. The number of carbonyl (C=O) groups excluding carboxylic acids is 1. The molecule has 0 N–H and O–H groups in total. The Labute approximate surface area is 118 Å². The van der Waals surface area contributed by atoms with Crippen LogP contribution in [0.15, 0.2) is 12.2 Å². The Bertz CT molecular complexity index is 443. The molecule has 1 unspecified atom stereocenters. The van der Waals surface area contributed by atoms with Crippen molar-refractivity contribution in [2.45, 2.75) is 32.9 Å². The van der Waals surface area contributed by atoms with Gasteiger partial charge in [-0.25, -0.2) is 0 Å². The monoisotopic (exact) mass is 316 g/mol. The molecule has 2 fully saturated rings. The summed E-state index contributed by atoms with van der Waals surface area (Å²) in [6, 6.07) is 0. The molecule has 0 saturated carbocycles. The second kappa shape index (κ2) is 3.14. The Morgan fingerprint density at radius 1 is 1.24 bits per heavy atom. The van der Waals surface area contributed by atoms with Gasteiger partial charge >= 0.3 is 0 Å². The molecule has 0 spiro atoms. The Morgan fingerprint density at radius 2 is 1.82 bits per heavy atom. The summed E-state index contributed by atoms with van der Waals surface area (Å²) in [6.45, 7) is 2.06. The molecule has 0 aliphatic carbocycles. The van der Waals surface area contributed by atoms with E-state index in [0.717, 1.165) is 0 Å². The minimum absolute atomic E-state index is 0.344. The van der Waals surface area contributed by atoms with E-state index in [2.05, 4.69) is 0 Å². The number of ketones is 1. The number of halogens is 4. The van der Waals surface area contributed by atoms with Crippen LogP contribution in [0.25, 0.3) is 0 Å². The average Bonchev–Trinajstić information content (AvgIpc) is 3.01. The summed E-state index contributed by atoms with van der Waals surface area (Å²) in [4.78, 5) is 12.3. The molecule has 7 heteroatoms. The predicted molar refractivity (Wildman–Crippen MR) is 65.0 cm³/mol. The smallest absolute Gasteiger partial charge is 0.213 e. The summed E-state index contributed by atoms with van der Waals surface area (Å²) in [7, 11) is 0. The van der Waals surface area contributed by atoms with Gasteiger partial charge in [0.2, 0.25) is 14.4 Å². The van der Waals surface area contributed by atoms with Gasteiger partial charge in [-0.3, -0.25) is 4.79 Å². The molecule has 0 aromatic rings. The fourth-order valence-corrected chi connectivity index (χ4v) is 3.72. The van der Waals surface area contributed by atoms with Gasteiger partial charge in [0.1, 0.15) is 11.7 Å². The first-order valence-corrected chi connectivity index (χ1v) is 6.51. The molecule has 3 nitrogen and oxygen atoms in total. The molecule has 2 bridgehead atoms. The number of carbonyl (C=O) groups is 1. The van der Waals surface area contributed by atoms with Crippen molar-refractivity contribution < 1.29 is 14.3 Å². The van der Waals surface area contributed by atoms with Crippen LogP contribution in [-0.4, -0.2) is 38.4 Å². The predicted octanol–water partition coefficient (Wildman–Crippen LogP) is 2.40. The second-order valence-corrected chi connectivity index (χ2v) is 7.29. The maximum atomic E-state index is 12.3. The molecule has 3 aliphatic heterocycles. The van der Waals surface area contributed by atoms with Crippen molar-refractivity contribution in [2.24, 2.45) is 0 Å². The number of rotatable bonds is 1. The molecule has 3 heterocycles. The minimum atomic E-state index is -1.86. The van der Waals surface area contributed by atoms with Crippen LogP contribution in [0.1, 0.15) is 6.92 Å². The first-order chi connectivity index (χ1) is 7.67. The highest BCUT2D eigenvalue weighted by Gasteiger charge is 2.77. The number of hydrogen-bond acceptors (Lipinski definition) is 3. The van der Waals surface area contributed by atoms with Crippen LogP contribution in [0.2, 0.25) is 0 Å². The molecule has 0 amide bonds. The number of fused-ring (bicyclic) bond motifs is 2. The zero-order valence-corrected chi connectivity index (χ0v) is 11.7. The molecule has 17 heavy (non-hydrogen) atoms. The van der Waals surface area contributed by atoms with Crippen molar-refractivity contribution in [3.8, 4) is 0 Å². The first-order valence-electron chi connectivity index (χ1n) is 5.00. The Balaban J connectivity index is 2.18. The van der Waals surface area contributed by atoms with Crippen molar-refractivity contribution in [1.29, 1.82) is 0 Å².